The van der Waals surface area contributed by atoms with E-state index in [0.717, 1.165) is 10.0 Å². The number of halogens is 1. The van der Waals surface area contributed by atoms with Crippen molar-refractivity contribution in [2.24, 2.45) is 0 Å². The number of sulfonamides is 1. The van der Waals surface area contributed by atoms with Crippen LogP contribution in [0.2, 0.25) is 0 Å². The Bertz CT molecular complexity index is 1150. The molecule has 1 amide bonds. The highest BCUT2D eigenvalue weighted by atomic mass is 79.9. The van der Waals surface area contributed by atoms with Gasteiger partial charge in [-0.05, 0) is 35.9 Å². The van der Waals surface area contributed by atoms with E-state index < -0.39 is 10.0 Å². The van der Waals surface area contributed by atoms with Gasteiger partial charge < -0.3 is 5.32 Å². The Balaban J connectivity index is 1.59. The maximum atomic E-state index is 12.4. The molecule has 0 bridgehead atoms. The second-order valence-corrected chi connectivity index (χ2v) is 9.08. The number of ketones is 1. The largest absolute Gasteiger partial charge is 0.326 e. The van der Waals surface area contributed by atoms with Crippen molar-refractivity contribution >= 4 is 43.3 Å². The minimum Gasteiger partial charge on any atom is -0.326 e. The highest BCUT2D eigenvalue weighted by Gasteiger charge is 2.16. The average molecular weight is 487 g/mol. The fraction of sp³-hybridized carbons (Fsp3) is 0.0909. The van der Waals surface area contributed by atoms with E-state index in [-0.39, 0.29) is 29.6 Å². The summed E-state index contributed by atoms with van der Waals surface area (Å²) >= 11 is 3.40. The Hall–Kier alpha value is -2.81. The summed E-state index contributed by atoms with van der Waals surface area (Å²) in [5.41, 5.74) is 1.76. The molecule has 0 aliphatic rings. The van der Waals surface area contributed by atoms with Gasteiger partial charge in [0, 0.05) is 15.7 Å². The second-order valence-electron chi connectivity index (χ2n) is 6.45. The van der Waals surface area contributed by atoms with Crippen LogP contribution in [0.4, 0.5) is 5.69 Å². The summed E-state index contributed by atoms with van der Waals surface area (Å²) in [6.45, 7) is -0.337. The zero-order valence-electron chi connectivity index (χ0n) is 15.8. The van der Waals surface area contributed by atoms with Gasteiger partial charge in [0.05, 0.1) is 17.9 Å². The molecule has 0 fully saturated rings. The van der Waals surface area contributed by atoms with Crippen molar-refractivity contribution in [3.63, 3.8) is 0 Å². The number of rotatable bonds is 8. The number of benzene rings is 3. The lowest BCUT2D eigenvalue weighted by Gasteiger charge is -2.09. The lowest BCUT2D eigenvalue weighted by atomic mass is 10.1. The van der Waals surface area contributed by atoms with Crippen LogP contribution in [0.1, 0.15) is 15.9 Å². The first-order valence-electron chi connectivity index (χ1n) is 9.06. The molecule has 0 saturated carbocycles. The van der Waals surface area contributed by atoms with Crippen LogP contribution >= 0.6 is 15.9 Å². The van der Waals surface area contributed by atoms with E-state index in [0.29, 0.717) is 11.3 Å². The monoisotopic (exact) mass is 486 g/mol. The predicted octanol–water partition coefficient (Wildman–Crippen LogP) is 3.79. The maximum absolute atomic E-state index is 12.4. The van der Waals surface area contributed by atoms with E-state index in [2.05, 4.69) is 26.0 Å². The van der Waals surface area contributed by atoms with Gasteiger partial charge in [-0.15, -0.1) is 0 Å². The molecule has 0 aliphatic carbocycles. The third kappa shape index (κ3) is 5.85. The number of anilines is 1. The Morgan fingerprint density at radius 1 is 0.833 bits per heavy atom. The van der Waals surface area contributed by atoms with Crippen LogP contribution in [-0.4, -0.2) is 26.7 Å². The van der Waals surface area contributed by atoms with Gasteiger partial charge in [-0.2, -0.15) is 0 Å². The molecule has 0 atom stereocenters. The molecule has 3 rings (SSSR count). The number of hydrogen-bond acceptors (Lipinski definition) is 4. The maximum Gasteiger partial charge on any atom is 0.240 e. The Labute approximate surface area is 183 Å². The van der Waals surface area contributed by atoms with Gasteiger partial charge in [0.1, 0.15) is 0 Å². The second kappa shape index (κ2) is 9.80. The van der Waals surface area contributed by atoms with Gasteiger partial charge in [-0.25, -0.2) is 13.1 Å². The van der Waals surface area contributed by atoms with Gasteiger partial charge in [-0.1, -0.05) is 64.5 Å². The first-order chi connectivity index (χ1) is 14.3. The van der Waals surface area contributed by atoms with Crippen LogP contribution in [0.5, 0.6) is 0 Å². The van der Waals surface area contributed by atoms with Crippen LogP contribution in [0.25, 0.3) is 0 Å². The molecule has 0 aromatic heterocycles. The minimum absolute atomic E-state index is 0.00663. The summed E-state index contributed by atoms with van der Waals surface area (Å²) in [4.78, 5) is 24.3. The molecular formula is C22H19BrN2O4S. The average Bonchev–Trinajstić information content (AvgIpc) is 2.75. The van der Waals surface area contributed by atoms with Gasteiger partial charge in [0.15, 0.2) is 5.78 Å². The van der Waals surface area contributed by atoms with Crippen LogP contribution < -0.4 is 10.0 Å². The van der Waals surface area contributed by atoms with E-state index >= 15 is 0 Å². The fourth-order valence-corrected chi connectivity index (χ4v) is 4.11. The summed E-state index contributed by atoms with van der Waals surface area (Å²) in [5, 5.41) is 2.74. The zero-order valence-corrected chi connectivity index (χ0v) is 18.2. The van der Waals surface area contributed by atoms with Crippen molar-refractivity contribution in [2.45, 2.75) is 11.3 Å². The summed E-state index contributed by atoms with van der Waals surface area (Å²) in [7, 11) is -3.85. The summed E-state index contributed by atoms with van der Waals surface area (Å²) in [6, 6.07) is 21.7. The molecule has 3 aromatic rings. The van der Waals surface area contributed by atoms with Crippen LogP contribution in [0, 0.1) is 0 Å². The highest BCUT2D eigenvalue weighted by Crippen LogP contribution is 2.18. The molecule has 0 saturated heterocycles. The quantitative estimate of drug-likeness (QED) is 0.473. The third-order valence-electron chi connectivity index (χ3n) is 4.28. The Morgan fingerprint density at radius 3 is 2.13 bits per heavy atom. The van der Waals surface area contributed by atoms with Crippen molar-refractivity contribution in [1.29, 1.82) is 0 Å². The first kappa shape index (κ1) is 21.9. The van der Waals surface area contributed by atoms with E-state index in [1.54, 1.807) is 30.3 Å². The van der Waals surface area contributed by atoms with E-state index in [9.17, 15) is 18.0 Å². The van der Waals surface area contributed by atoms with Gasteiger partial charge in [-0.3, -0.25) is 9.59 Å². The molecule has 0 radical (unpaired) electrons. The normalized spacial score (nSPS) is 11.1. The molecule has 2 N–H and O–H groups in total. The molecular weight excluding hydrogens is 468 g/mol. The zero-order chi connectivity index (χ0) is 21.6. The summed E-state index contributed by atoms with van der Waals surface area (Å²) < 4.78 is 28.0. The first-order valence-corrected chi connectivity index (χ1v) is 11.3. The molecule has 8 heteroatoms. The summed E-state index contributed by atoms with van der Waals surface area (Å²) in [5.74, 6) is -0.542. The lowest BCUT2D eigenvalue weighted by Crippen LogP contribution is -2.29. The number of Topliss-reactive ketones (excluding diaryl/α,β-unsaturated/α-hetero) is 1. The number of amides is 1. The number of hydrogen-bond donors (Lipinski definition) is 2. The van der Waals surface area contributed by atoms with Gasteiger partial charge in [0.25, 0.3) is 0 Å². The van der Waals surface area contributed by atoms with Crippen molar-refractivity contribution in [3.8, 4) is 0 Å². The Morgan fingerprint density at radius 2 is 1.47 bits per heavy atom. The minimum atomic E-state index is -3.85. The number of carbonyl (C=O) groups is 2. The van der Waals surface area contributed by atoms with Gasteiger partial charge >= 0.3 is 0 Å². The molecule has 30 heavy (non-hydrogen) atoms. The third-order valence-corrected chi connectivity index (χ3v) is 6.47. The summed E-state index contributed by atoms with van der Waals surface area (Å²) in [6.07, 6.45) is 0.185. The molecule has 154 valence electrons. The smallest absolute Gasteiger partial charge is 0.240 e. The molecule has 0 spiro atoms. The SMILES string of the molecule is O=C(Cc1ccccc1Br)Nc1ccc(S(=O)(=O)NCC(=O)c2ccccc2)cc1. The standard InChI is InChI=1S/C22H19BrN2O4S/c23-20-9-5-4-8-17(20)14-22(27)25-18-10-12-19(13-11-18)30(28,29)24-15-21(26)16-6-2-1-3-7-16/h1-13,24H,14-15H2,(H,25,27). The van der Waals surface area contributed by atoms with E-state index in [1.165, 1.54) is 24.3 Å². The van der Waals surface area contributed by atoms with Crippen LogP contribution in [-0.2, 0) is 21.2 Å². The molecule has 0 aliphatic heterocycles. The number of carbonyl (C=O) groups excluding carboxylic acids is 2. The number of nitrogens with one attached hydrogen (secondary N) is 2. The molecule has 0 unspecified atom stereocenters. The van der Waals surface area contributed by atoms with Crippen molar-refractivity contribution in [2.75, 3.05) is 11.9 Å². The van der Waals surface area contributed by atoms with Crippen molar-refractivity contribution < 1.29 is 18.0 Å². The topological polar surface area (TPSA) is 92.3 Å². The van der Waals surface area contributed by atoms with Crippen molar-refractivity contribution in [3.05, 3.63) is 94.5 Å². The molecule has 0 heterocycles. The fourth-order valence-electron chi connectivity index (χ4n) is 2.71. The highest BCUT2D eigenvalue weighted by molar-refractivity contribution is 9.10. The lowest BCUT2D eigenvalue weighted by molar-refractivity contribution is -0.115. The van der Waals surface area contributed by atoms with Crippen LogP contribution in [0.3, 0.4) is 0 Å². The molecule has 6 nitrogen and oxygen atoms in total. The molecule has 3 aromatic carbocycles. The van der Waals surface area contributed by atoms with Gasteiger partial charge in [0.2, 0.25) is 15.9 Å². The van der Waals surface area contributed by atoms with E-state index in [1.807, 2.05) is 24.3 Å². The van der Waals surface area contributed by atoms with Crippen molar-refractivity contribution in [1.82, 2.24) is 4.72 Å². The predicted molar refractivity (Wildman–Crippen MR) is 119 cm³/mol. The Kier molecular flexibility index (Phi) is 7.15. The van der Waals surface area contributed by atoms with E-state index in [4.69, 9.17) is 0 Å². The van der Waals surface area contributed by atoms with Crippen LogP contribution in [0.15, 0.2) is 88.2 Å².